The first-order valence-electron chi connectivity index (χ1n) is 8.25. The summed E-state index contributed by atoms with van der Waals surface area (Å²) < 4.78 is 38.3. The third kappa shape index (κ3) is 4.72. The highest BCUT2D eigenvalue weighted by molar-refractivity contribution is 5.94. The van der Waals surface area contributed by atoms with E-state index < -0.39 is 23.7 Å². The minimum absolute atomic E-state index is 0.00251. The molecule has 2 rings (SSSR count). The van der Waals surface area contributed by atoms with Crippen LogP contribution in [-0.4, -0.2) is 53.8 Å². The Kier molecular flexibility index (Phi) is 6.05. The standard InChI is InChI=1S/C17H22F3N3O2/c1-2-4-14(21)16(25)23-9-7-22(8-10-23)15(24)12-5-3-6-13(11-12)17(18,19)20/h3,5-6,11,14H,2,4,7-10,21H2,1H3. The summed E-state index contributed by atoms with van der Waals surface area (Å²) >= 11 is 0. The molecule has 1 atom stereocenters. The second-order valence-corrected chi connectivity index (χ2v) is 6.09. The number of nitrogens with zero attached hydrogens (tertiary/aromatic N) is 2. The van der Waals surface area contributed by atoms with Crippen LogP contribution in [0, 0.1) is 0 Å². The normalized spacial score (nSPS) is 16.7. The molecule has 0 radical (unpaired) electrons. The van der Waals surface area contributed by atoms with E-state index in [1.807, 2.05) is 6.92 Å². The number of rotatable bonds is 4. The molecule has 5 nitrogen and oxygen atoms in total. The van der Waals surface area contributed by atoms with Crippen LogP contribution in [0.1, 0.15) is 35.7 Å². The van der Waals surface area contributed by atoms with E-state index in [1.54, 1.807) is 4.90 Å². The Morgan fingerprint density at radius 3 is 2.32 bits per heavy atom. The number of piperazine rings is 1. The van der Waals surface area contributed by atoms with Gasteiger partial charge in [0.15, 0.2) is 0 Å². The van der Waals surface area contributed by atoms with Crippen LogP contribution in [0.15, 0.2) is 24.3 Å². The maximum absolute atomic E-state index is 12.8. The van der Waals surface area contributed by atoms with Crippen LogP contribution in [0.3, 0.4) is 0 Å². The Morgan fingerprint density at radius 2 is 1.76 bits per heavy atom. The molecule has 1 aromatic rings. The molecule has 0 aliphatic carbocycles. The third-order valence-corrected chi connectivity index (χ3v) is 4.23. The van der Waals surface area contributed by atoms with E-state index in [1.165, 1.54) is 17.0 Å². The second-order valence-electron chi connectivity index (χ2n) is 6.09. The van der Waals surface area contributed by atoms with Gasteiger partial charge in [0.25, 0.3) is 5.91 Å². The molecule has 0 aromatic heterocycles. The van der Waals surface area contributed by atoms with Crippen molar-refractivity contribution in [1.29, 1.82) is 0 Å². The van der Waals surface area contributed by atoms with Gasteiger partial charge < -0.3 is 15.5 Å². The summed E-state index contributed by atoms with van der Waals surface area (Å²) in [6.07, 6.45) is -3.08. The molecule has 1 saturated heterocycles. The summed E-state index contributed by atoms with van der Waals surface area (Å²) in [5.41, 5.74) is 4.97. The van der Waals surface area contributed by atoms with Crippen molar-refractivity contribution < 1.29 is 22.8 Å². The molecule has 1 aliphatic rings. The van der Waals surface area contributed by atoms with Crippen LogP contribution in [-0.2, 0) is 11.0 Å². The van der Waals surface area contributed by atoms with Crippen LogP contribution in [0.25, 0.3) is 0 Å². The number of hydrogen-bond donors (Lipinski definition) is 1. The summed E-state index contributed by atoms with van der Waals surface area (Å²) in [7, 11) is 0. The zero-order valence-corrected chi connectivity index (χ0v) is 14.1. The van der Waals surface area contributed by atoms with E-state index in [0.717, 1.165) is 18.6 Å². The molecule has 1 heterocycles. The molecule has 0 saturated carbocycles. The lowest BCUT2D eigenvalue weighted by Crippen LogP contribution is -2.54. The number of carbonyl (C=O) groups is 2. The molecule has 1 aliphatic heterocycles. The van der Waals surface area contributed by atoms with Crippen molar-refractivity contribution in [1.82, 2.24) is 9.80 Å². The number of amides is 2. The van der Waals surface area contributed by atoms with Gasteiger partial charge in [0, 0.05) is 31.7 Å². The summed E-state index contributed by atoms with van der Waals surface area (Å²) in [5.74, 6) is -0.607. The number of hydrogen-bond acceptors (Lipinski definition) is 3. The zero-order valence-electron chi connectivity index (χ0n) is 14.1. The fraction of sp³-hybridized carbons (Fsp3) is 0.529. The Hall–Kier alpha value is -2.09. The molecule has 1 fully saturated rings. The molecule has 2 amide bonds. The summed E-state index contributed by atoms with van der Waals surface area (Å²) in [6.45, 7) is 3.17. The molecule has 8 heteroatoms. The van der Waals surface area contributed by atoms with Crippen molar-refractivity contribution in [2.24, 2.45) is 5.73 Å². The summed E-state index contributed by atoms with van der Waals surface area (Å²) in [6, 6.07) is 3.83. The molecule has 1 unspecified atom stereocenters. The van der Waals surface area contributed by atoms with Gasteiger partial charge in [-0.15, -0.1) is 0 Å². The Balaban J connectivity index is 1.99. The topological polar surface area (TPSA) is 66.6 Å². The van der Waals surface area contributed by atoms with Crippen molar-refractivity contribution >= 4 is 11.8 Å². The first kappa shape index (κ1) is 19.2. The van der Waals surface area contributed by atoms with Crippen LogP contribution < -0.4 is 5.73 Å². The van der Waals surface area contributed by atoms with Gasteiger partial charge in [-0.3, -0.25) is 9.59 Å². The number of carbonyl (C=O) groups excluding carboxylic acids is 2. The molecular formula is C17H22F3N3O2. The predicted molar refractivity (Wildman–Crippen MR) is 86.8 cm³/mol. The number of nitrogens with two attached hydrogens (primary N) is 1. The molecule has 0 bridgehead atoms. The molecule has 138 valence electrons. The van der Waals surface area contributed by atoms with Crippen molar-refractivity contribution in [2.45, 2.75) is 32.0 Å². The van der Waals surface area contributed by atoms with Gasteiger partial charge in [-0.05, 0) is 24.6 Å². The van der Waals surface area contributed by atoms with Crippen molar-refractivity contribution in [3.8, 4) is 0 Å². The second kappa shape index (κ2) is 7.86. The highest BCUT2D eigenvalue weighted by Gasteiger charge is 2.32. The minimum Gasteiger partial charge on any atom is -0.338 e. The molecule has 25 heavy (non-hydrogen) atoms. The first-order valence-corrected chi connectivity index (χ1v) is 8.25. The van der Waals surface area contributed by atoms with Gasteiger partial charge in [-0.1, -0.05) is 19.4 Å². The lowest BCUT2D eigenvalue weighted by Gasteiger charge is -2.36. The van der Waals surface area contributed by atoms with E-state index >= 15 is 0 Å². The van der Waals surface area contributed by atoms with E-state index in [9.17, 15) is 22.8 Å². The minimum atomic E-state index is -4.49. The van der Waals surface area contributed by atoms with Gasteiger partial charge in [-0.2, -0.15) is 13.2 Å². The van der Waals surface area contributed by atoms with E-state index in [4.69, 9.17) is 5.73 Å². The van der Waals surface area contributed by atoms with Gasteiger partial charge in [0.1, 0.15) is 0 Å². The van der Waals surface area contributed by atoms with Crippen LogP contribution in [0.4, 0.5) is 13.2 Å². The molecular weight excluding hydrogens is 335 g/mol. The number of benzene rings is 1. The summed E-state index contributed by atoms with van der Waals surface area (Å²) in [4.78, 5) is 27.7. The van der Waals surface area contributed by atoms with Crippen molar-refractivity contribution in [3.63, 3.8) is 0 Å². The Labute approximate surface area is 144 Å². The fourth-order valence-electron chi connectivity index (χ4n) is 2.81. The van der Waals surface area contributed by atoms with Crippen LogP contribution in [0.2, 0.25) is 0 Å². The largest absolute Gasteiger partial charge is 0.416 e. The van der Waals surface area contributed by atoms with E-state index in [2.05, 4.69) is 0 Å². The van der Waals surface area contributed by atoms with Gasteiger partial charge in [0.2, 0.25) is 5.91 Å². The Bertz CT molecular complexity index is 626. The van der Waals surface area contributed by atoms with Crippen LogP contribution in [0.5, 0.6) is 0 Å². The average molecular weight is 357 g/mol. The molecule has 0 spiro atoms. The average Bonchev–Trinajstić information content (AvgIpc) is 2.60. The van der Waals surface area contributed by atoms with E-state index in [0.29, 0.717) is 19.5 Å². The lowest BCUT2D eigenvalue weighted by molar-refractivity contribution is -0.137. The SMILES string of the molecule is CCCC(N)C(=O)N1CCN(C(=O)c2cccc(C(F)(F)F)c2)CC1. The maximum atomic E-state index is 12.8. The van der Waals surface area contributed by atoms with E-state index in [-0.39, 0.29) is 24.6 Å². The lowest BCUT2D eigenvalue weighted by atomic mass is 10.1. The highest BCUT2D eigenvalue weighted by Crippen LogP contribution is 2.29. The predicted octanol–water partition coefficient (Wildman–Crippen LogP) is 2.12. The quantitative estimate of drug-likeness (QED) is 0.898. The first-order chi connectivity index (χ1) is 11.7. The number of halogens is 3. The van der Waals surface area contributed by atoms with Crippen LogP contribution >= 0.6 is 0 Å². The van der Waals surface area contributed by atoms with Gasteiger partial charge in [0.05, 0.1) is 11.6 Å². The smallest absolute Gasteiger partial charge is 0.338 e. The monoisotopic (exact) mass is 357 g/mol. The summed E-state index contributed by atoms with van der Waals surface area (Å²) in [5, 5.41) is 0. The third-order valence-electron chi connectivity index (χ3n) is 4.23. The zero-order chi connectivity index (χ0) is 18.6. The van der Waals surface area contributed by atoms with Crippen molar-refractivity contribution in [2.75, 3.05) is 26.2 Å². The fourth-order valence-corrected chi connectivity index (χ4v) is 2.81. The highest BCUT2D eigenvalue weighted by atomic mass is 19.4. The maximum Gasteiger partial charge on any atom is 0.416 e. The van der Waals surface area contributed by atoms with Crippen molar-refractivity contribution in [3.05, 3.63) is 35.4 Å². The van der Waals surface area contributed by atoms with Gasteiger partial charge >= 0.3 is 6.18 Å². The Morgan fingerprint density at radius 1 is 1.16 bits per heavy atom. The molecule has 2 N–H and O–H groups in total. The molecule has 1 aromatic carbocycles. The number of alkyl halides is 3. The van der Waals surface area contributed by atoms with Gasteiger partial charge in [-0.25, -0.2) is 0 Å².